The first kappa shape index (κ1) is 14.9. The van der Waals surface area contributed by atoms with Crippen molar-refractivity contribution in [2.75, 3.05) is 0 Å². The second-order valence-corrected chi connectivity index (χ2v) is 5.10. The summed E-state index contributed by atoms with van der Waals surface area (Å²) < 4.78 is 0. The van der Waals surface area contributed by atoms with Crippen molar-refractivity contribution in [1.82, 2.24) is 10.3 Å². The summed E-state index contributed by atoms with van der Waals surface area (Å²) in [6.07, 6.45) is 2.58. The van der Waals surface area contributed by atoms with Crippen molar-refractivity contribution in [2.45, 2.75) is 32.2 Å². The average Bonchev–Trinajstić information content (AvgIpc) is 2.87. The van der Waals surface area contributed by atoms with E-state index in [1.807, 2.05) is 0 Å². The molecule has 1 aromatic heterocycles. The monoisotopic (exact) mass is 293 g/mol. The van der Waals surface area contributed by atoms with Crippen LogP contribution in [0.1, 0.15) is 35.3 Å². The van der Waals surface area contributed by atoms with Crippen molar-refractivity contribution in [3.05, 3.63) is 33.6 Å². The van der Waals surface area contributed by atoms with Gasteiger partial charge in [0.25, 0.3) is 11.6 Å². The minimum Gasteiger partial charge on any atom is -0.481 e. The molecule has 2 N–H and O–H groups in total. The van der Waals surface area contributed by atoms with Gasteiger partial charge < -0.3 is 10.4 Å². The van der Waals surface area contributed by atoms with Gasteiger partial charge in [0.15, 0.2) is 0 Å². The number of pyridine rings is 1. The SMILES string of the molecule is Cc1ncc([N+](=O)[O-])cc1C(=O)N[C@H]1CC[C@@H](C(=O)O)C1. The third-order valence-corrected chi connectivity index (χ3v) is 3.65. The number of aryl methyl sites for hydroxylation is 1. The maximum atomic E-state index is 12.2. The first-order chi connectivity index (χ1) is 9.88. The van der Waals surface area contributed by atoms with Gasteiger partial charge in [-0.1, -0.05) is 0 Å². The van der Waals surface area contributed by atoms with Crippen LogP contribution in [-0.4, -0.2) is 32.9 Å². The molecule has 1 heterocycles. The van der Waals surface area contributed by atoms with E-state index in [2.05, 4.69) is 10.3 Å². The van der Waals surface area contributed by atoms with Crippen LogP contribution in [0.25, 0.3) is 0 Å². The zero-order valence-electron chi connectivity index (χ0n) is 11.4. The van der Waals surface area contributed by atoms with Gasteiger partial charge in [-0.15, -0.1) is 0 Å². The van der Waals surface area contributed by atoms with Crippen LogP contribution in [0.5, 0.6) is 0 Å². The zero-order chi connectivity index (χ0) is 15.6. The molecule has 8 heteroatoms. The van der Waals surface area contributed by atoms with Gasteiger partial charge in [-0.3, -0.25) is 24.7 Å². The molecule has 0 saturated heterocycles. The molecule has 1 aromatic rings. The number of rotatable bonds is 4. The Morgan fingerprint density at radius 1 is 1.48 bits per heavy atom. The summed E-state index contributed by atoms with van der Waals surface area (Å²) in [5.74, 6) is -1.76. The highest BCUT2D eigenvalue weighted by Gasteiger charge is 2.31. The number of aromatic nitrogens is 1. The Balaban J connectivity index is 2.09. The van der Waals surface area contributed by atoms with Gasteiger partial charge in [0, 0.05) is 12.1 Å². The number of carbonyl (C=O) groups is 2. The first-order valence-electron chi connectivity index (χ1n) is 6.53. The normalized spacial score (nSPS) is 21.0. The molecular weight excluding hydrogens is 278 g/mol. The molecule has 1 amide bonds. The Kier molecular flexibility index (Phi) is 4.15. The first-order valence-corrected chi connectivity index (χ1v) is 6.53. The van der Waals surface area contributed by atoms with Crippen molar-refractivity contribution >= 4 is 17.6 Å². The van der Waals surface area contributed by atoms with Crippen LogP contribution >= 0.6 is 0 Å². The number of aliphatic carboxylic acids is 1. The van der Waals surface area contributed by atoms with Crippen LogP contribution in [0, 0.1) is 23.0 Å². The van der Waals surface area contributed by atoms with Crippen molar-refractivity contribution in [3.8, 4) is 0 Å². The number of hydrogen-bond acceptors (Lipinski definition) is 5. The Labute approximate surface area is 120 Å². The van der Waals surface area contributed by atoms with Gasteiger partial charge in [-0.25, -0.2) is 0 Å². The standard InChI is InChI=1S/C13H15N3O5/c1-7-11(5-10(6-14-7)16(20)21)12(17)15-9-3-2-8(4-9)13(18)19/h5-6,8-9H,2-4H2,1H3,(H,15,17)(H,18,19)/t8-,9+/m1/s1. The van der Waals surface area contributed by atoms with Gasteiger partial charge in [0.1, 0.15) is 6.20 Å². The molecule has 0 unspecified atom stereocenters. The zero-order valence-corrected chi connectivity index (χ0v) is 11.4. The average molecular weight is 293 g/mol. The molecule has 1 aliphatic rings. The number of nitrogens with zero attached hydrogens (tertiary/aromatic N) is 2. The lowest BCUT2D eigenvalue weighted by molar-refractivity contribution is -0.385. The molecule has 112 valence electrons. The molecule has 0 aliphatic heterocycles. The van der Waals surface area contributed by atoms with Crippen LogP contribution in [0.15, 0.2) is 12.3 Å². The number of carboxylic acid groups (broad SMARTS) is 1. The van der Waals surface area contributed by atoms with Gasteiger partial charge >= 0.3 is 5.97 Å². The predicted octanol–water partition coefficient (Wildman–Crippen LogP) is 1.28. The molecule has 1 fully saturated rings. The highest BCUT2D eigenvalue weighted by Crippen LogP contribution is 2.26. The molecule has 2 rings (SSSR count). The van der Waals surface area contributed by atoms with E-state index in [-0.39, 0.29) is 17.3 Å². The molecule has 1 saturated carbocycles. The van der Waals surface area contributed by atoms with E-state index in [1.54, 1.807) is 6.92 Å². The molecule has 1 aliphatic carbocycles. The number of amides is 1. The molecular formula is C13H15N3O5. The lowest BCUT2D eigenvalue weighted by atomic mass is 10.1. The topological polar surface area (TPSA) is 122 Å². The summed E-state index contributed by atoms with van der Waals surface area (Å²) in [6, 6.07) is 0.957. The lowest BCUT2D eigenvalue weighted by Crippen LogP contribution is -2.34. The number of nitrogens with one attached hydrogen (secondary N) is 1. The van der Waals surface area contributed by atoms with E-state index >= 15 is 0 Å². The van der Waals surface area contributed by atoms with E-state index in [9.17, 15) is 19.7 Å². The van der Waals surface area contributed by atoms with Gasteiger partial charge in [-0.2, -0.15) is 0 Å². The number of hydrogen-bond donors (Lipinski definition) is 2. The Morgan fingerprint density at radius 2 is 2.19 bits per heavy atom. The number of nitro groups is 1. The van der Waals surface area contributed by atoms with Crippen molar-refractivity contribution in [1.29, 1.82) is 0 Å². The van der Waals surface area contributed by atoms with Gasteiger partial charge in [0.2, 0.25) is 0 Å². The second kappa shape index (κ2) is 5.86. The quantitative estimate of drug-likeness (QED) is 0.636. The molecule has 0 bridgehead atoms. The van der Waals surface area contributed by atoms with Gasteiger partial charge in [0.05, 0.1) is 22.1 Å². The summed E-state index contributed by atoms with van der Waals surface area (Å²) in [5, 5.41) is 22.4. The van der Waals surface area contributed by atoms with Crippen LogP contribution in [0.3, 0.4) is 0 Å². The Morgan fingerprint density at radius 3 is 2.76 bits per heavy atom. The maximum absolute atomic E-state index is 12.2. The molecule has 8 nitrogen and oxygen atoms in total. The molecule has 0 aromatic carbocycles. The van der Waals surface area contributed by atoms with E-state index < -0.39 is 22.7 Å². The molecule has 0 radical (unpaired) electrons. The van der Waals surface area contributed by atoms with E-state index in [0.717, 1.165) is 6.20 Å². The summed E-state index contributed by atoms with van der Waals surface area (Å²) >= 11 is 0. The number of carboxylic acids is 1. The third-order valence-electron chi connectivity index (χ3n) is 3.65. The molecule has 0 spiro atoms. The fourth-order valence-electron chi connectivity index (χ4n) is 2.45. The van der Waals surface area contributed by atoms with Crippen molar-refractivity contribution in [3.63, 3.8) is 0 Å². The third kappa shape index (κ3) is 3.33. The lowest BCUT2D eigenvalue weighted by Gasteiger charge is -2.13. The van der Waals surface area contributed by atoms with E-state index in [1.165, 1.54) is 6.07 Å². The van der Waals surface area contributed by atoms with E-state index in [4.69, 9.17) is 5.11 Å². The summed E-state index contributed by atoms with van der Waals surface area (Å²) in [6.45, 7) is 1.59. The second-order valence-electron chi connectivity index (χ2n) is 5.10. The van der Waals surface area contributed by atoms with Gasteiger partial charge in [-0.05, 0) is 26.2 Å². The molecule has 21 heavy (non-hydrogen) atoms. The summed E-state index contributed by atoms with van der Waals surface area (Å²) in [5.41, 5.74) is 0.287. The summed E-state index contributed by atoms with van der Waals surface area (Å²) in [4.78, 5) is 37.0. The fraction of sp³-hybridized carbons (Fsp3) is 0.462. The number of carbonyl (C=O) groups excluding carboxylic acids is 1. The fourth-order valence-corrected chi connectivity index (χ4v) is 2.45. The van der Waals surface area contributed by atoms with Crippen molar-refractivity contribution < 1.29 is 19.6 Å². The summed E-state index contributed by atoms with van der Waals surface area (Å²) in [7, 11) is 0. The Bertz CT molecular complexity index is 601. The minimum atomic E-state index is -0.861. The highest BCUT2D eigenvalue weighted by atomic mass is 16.6. The smallest absolute Gasteiger partial charge is 0.306 e. The predicted molar refractivity (Wildman–Crippen MR) is 71.9 cm³/mol. The van der Waals surface area contributed by atoms with Crippen LogP contribution < -0.4 is 5.32 Å². The van der Waals surface area contributed by atoms with Crippen LogP contribution in [-0.2, 0) is 4.79 Å². The van der Waals surface area contributed by atoms with Crippen LogP contribution in [0.4, 0.5) is 5.69 Å². The van der Waals surface area contributed by atoms with E-state index in [0.29, 0.717) is 25.0 Å². The van der Waals surface area contributed by atoms with Crippen molar-refractivity contribution in [2.24, 2.45) is 5.92 Å². The molecule has 2 atom stereocenters. The van der Waals surface area contributed by atoms with Crippen LogP contribution in [0.2, 0.25) is 0 Å². The Hall–Kier alpha value is -2.51. The maximum Gasteiger partial charge on any atom is 0.306 e. The largest absolute Gasteiger partial charge is 0.481 e. The minimum absolute atomic E-state index is 0.142. The highest BCUT2D eigenvalue weighted by molar-refractivity contribution is 5.96.